The van der Waals surface area contributed by atoms with Crippen LogP contribution in [-0.4, -0.2) is 49.7 Å². The number of amides is 1. The van der Waals surface area contributed by atoms with E-state index in [1.165, 1.54) is 48.2 Å². The molecule has 1 heterocycles. The van der Waals surface area contributed by atoms with Gasteiger partial charge in [-0.15, -0.1) is 0 Å². The molecule has 142 valence electrons. The van der Waals surface area contributed by atoms with Gasteiger partial charge in [0, 0.05) is 32.6 Å². The second-order valence-corrected chi connectivity index (χ2v) is 9.82. The van der Waals surface area contributed by atoms with Crippen LogP contribution < -0.4 is 0 Å². The minimum atomic E-state index is -3.71. The summed E-state index contributed by atoms with van der Waals surface area (Å²) in [7, 11) is -3.71. The maximum Gasteiger partial charge on any atom is 0.243 e. The Morgan fingerprint density at radius 2 is 1.88 bits per heavy atom. The van der Waals surface area contributed by atoms with Crippen LogP contribution in [0.5, 0.6) is 0 Å². The Hall–Kier alpha value is -1.47. The zero-order valence-corrected chi connectivity index (χ0v) is 15.6. The van der Waals surface area contributed by atoms with Gasteiger partial charge in [-0.2, -0.15) is 4.31 Å². The quantitative estimate of drug-likeness (QED) is 0.806. The second-order valence-electron chi connectivity index (χ2n) is 7.88. The zero-order chi connectivity index (χ0) is 18.3. The third-order valence-electron chi connectivity index (χ3n) is 6.35. The molecule has 3 aliphatic rings. The van der Waals surface area contributed by atoms with Crippen molar-refractivity contribution in [3.63, 3.8) is 0 Å². The van der Waals surface area contributed by atoms with Crippen molar-refractivity contribution in [1.82, 2.24) is 9.21 Å². The number of sulfonamides is 1. The lowest BCUT2D eigenvalue weighted by Gasteiger charge is -2.35. The molecule has 0 spiro atoms. The van der Waals surface area contributed by atoms with Crippen LogP contribution in [0.15, 0.2) is 29.2 Å². The van der Waals surface area contributed by atoms with Gasteiger partial charge < -0.3 is 4.90 Å². The summed E-state index contributed by atoms with van der Waals surface area (Å²) < 4.78 is 40.0. The van der Waals surface area contributed by atoms with Gasteiger partial charge in [-0.05, 0) is 55.2 Å². The number of piperazine rings is 1. The molecule has 2 saturated carbocycles. The number of benzene rings is 1. The van der Waals surface area contributed by atoms with Gasteiger partial charge in [0.2, 0.25) is 15.9 Å². The van der Waals surface area contributed by atoms with Gasteiger partial charge in [-0.3, -0.25) is 4.79 Å². The number of halogens is 1. The first-order chi connectivity index (χ1) is 12.4. The monoisotopic (exact) mass is 380 g/mol. The molecule has 1 saturated heterocycles. The maximum absolute atomic E-state index is 13.4. The van der Waals surface area contributed by atoms with Crippen LogP contribution >= 0.6 is 0 Å². The lowest BCUT2D eigenvalue weighted by Crippen LogP contribution is -2.50. The van der Waals surface area contributed by atoms with E-state index < -0.39 is 15.8 Å². The van der Waals surface area contributed by atoms with E-state index in [-0.39, 0.29) is 23.9 Å². The zero-order valence-electron chi connectivity index (χ0n) is 14.8. The summed E-state index contributed by atoms with van der Waals surface area (Å²) in [6.07, 6.45) is 5.67. The molecule has 1 aliphatic heterocycles. The average Bonchev–Trinajstić information content (AvgIpc) is 3.25. The van der Waals surface area contributed by atoms with Crippen LogP contribution in [0.3, 0.4) is 0 Å². The van der Waals surface area contributed by atoms with E-state index in [0.717, 1.165) is 17.9 Å². The molecule has 0 aromatic heterocycles. The minimum Gasteiger partial charge on any atom is -0.340 e. The Bertz CT molecular complexity index is 790. The van der Waals surface area contributed by atoms with E-state index in [2.05, 4.69) is 0 Å². The lowest BCUT2D eigenvalue weighted by atomic mass is 9.86. The normalized spacial score (nSPS) is 29.3. The fourth-order valence-corrected chi connectivity index (χ4v) is 6.39. The van der Waals surface area contributed by atoms with Gasteiger partial charge in [-0.25, -0.2) is 12.8 Å². The Kier molecular flexibility index (Phi) is 4.77. The van der Waals surface area contributed by atoms with Gasteiger partial charge in [0.15, 0.2) is 0 Å². The van der Waals surface area contributed by atoms with Crippen LogP contribution in [0, 0.1) is 23.6 Å². The smallest absolute Gasteiger partial charge is 0.243 e. The first-order valence-corrected chi connectivity index (χ1v) is 10.9. The molecular formula is C19H25FN2O3S. The second kappa shape index (κ2) is 6.93. The molecular weight excluding hydrogens is 355 g/mol. The minimum absolute atomic E-state index is 0.0285. The maximum atomic E-state index is 13.4. The SMILES string of the molecule is O=C(C[C@H]1C[C@@H]2CC[C@@H]1C2)N1CCN(S(=O)(=O)c2cccc(F)c2)CC1. The molecule has 5 nitrogen and oxygen atoms in total. The molecule has 0 radical (unpaired) electrons. The summed E-state index contributed by atoms with van der Waals surface area (Å²) in [6.45, 7) is 1.35. The van der Waals surface area contributed by atoms with E-state index in [1.807, 2.05) is 0 Å². The summed E-state index contributed by atoms with van der Waals surface area (Å²) in [6, 6.07) is 5.08. The predicted octanol–water partition coefficient (Wildman–Crippen LogP) is 2.48. The van der Waals surface area contributed by atoms with Crippen molar-refractivity contribution in [3.05, 3.63) is 30.1 Å². The third kappa shape index (κ3) is 3.39. The van der Waals surface area contributed by atoms with Gasteiger partial charge >= 0.3 is 0 Å². The molecule has 2 bridgehead atoms. The molecule has 2 aliphatic carbocycles. The molecule has 1 amide bonds. The van der Waals surface area contributed by atoms with Crippen molar-refractivity contribution in [2.24, 2.45) is 17.8 Å². The Labute approximate surface area is 154 Å². The van der Waals surface area contributed by atoms with Crippen molar-refractivity contribution >= 4 is 15.9 Å². The van der Waals surface area contributed by atoms with Crippen molar-refractivity contribution in [2.45, 2.75) is 37.0 Å². The highest BCUT2D eigenvalue weighted by molar-refractivity contribution is 7.89. The molecule has 0 unspecified atom stereocenters. The fraction of sp³-hybridized carbons (Fsp3) is 0.632. The van der Waals surface area contributed by atoms with Crippen LogP contribution in [0.4, 0.5) is 4.39 Å². The molecule has 0 N–H and O–H groups in total. The van der Waals surface area contributed by atoms with E-state index in [0.29, 0.717) is 25.4 Å². The Morgan fingerprint density at radius 1 is 1.12 bits per heavy atom. The average molecular weight is 380 g/mol. The van der Waals surface area contributed by atoms with Crippen LogP contribution in [0.1, 0.15) is 32.1 Å². The lowest BCUT2D eigenvalue weighted by molar-refractivity contribution is -0.133. The number of hydrogen-bond acceptors (Lipinski definition) is 3. The highest BCUT2D eigenvalue weighted by atomic mass is 32.2. The molecule has 3 atom stereocenters. The highest BCUT2D eigenvalue weighted by Crippen LogP contribution is 2.49. The number of rotatable bonds is 4. The number of nitrogens with zero attached hydrogens (tertiary/aromatic N) is 2. The van der Waals surface area contributed by atoms with Crippen molar-refractivity contribution < 1.29 is 17.6 Å². The topological polar surface area (TPSA) is 57.7 Å². The van der Waals surface area contributed by atoms with Crippen molar-refractivity contribution in [2.75, 3.05) is 26.2 Å². The van der Waals surface area contributed by atoms with E-state index in [1.54, 1.807) is 4.90 Å². The molecule has 1 aromatic carbocycles. The van der Waals surface area contributed by atoms with E-state index in [9.17, 15) is 17.6 Å². The predicted molar refractivity (Wildman–Crippen MR) is 95.3 cm³/mol. The van der Waals surface area contributed by atoms with E-state index >= 15 is 0 Å². The van der Waals surface area contributed by atoms with Crippen LogP contribution in [0.25, 0.3) is 0 Å². The number of hydrogen-bond donors (Lipinski definition) is 0. The summed E-state index contributed by atoms with van der Waals surface area (Å²) in [5.41, 5.74) is 0. The van der Waals surface area contributed by atoms with Gasteiger partial charge in [0.25, 0.3) is 0 Å². The van der Waals surface area contributed by atoms with Crippen molar-refractivity contribution in [3.8, 4) is 0 Å². The third-order valence-corrected chi connectivity index (χ3v) is 8.24. The van der Waals surface area contributed by atoms with E-state index in [4.69, 9.17) is 0 Å². The molecule has 1 aromatic rings. The largest absolute Gasteiger partial charge is 0.340 e. The number of carbonyl (C=O) groups is 1. The molecule has 7 heteroatoms. The highest BCUT2D eigenvalue weighted by Gasteiger charge is 2.41. The first-order valence-electron chi connectivity index (χ1n) is 9.47. The summed E-state index contributed by atoms with van der Waals surface area (Å²) in [5.74, 6) is 1.66. The number of fused-ring (bicyclic) bond motifs is 2. The first kappa shape index (κ1) is 17.9. The molecule has 4 rings (SSSR count). The Morgan fingerprint density at radius 3 is 2.50 bits per heavy atom. The van der Waals surface area contributed by atoms with Gasteiger partial charge in [0.1, 0.15) is 5.82 Å². The fourth-order valence-electron chi connectivity index (χ4n) is 4.93. The summed E-state index contributed by atoms with van der Waals surface area (Å²) in [5, 5.41) is 0. The summed E-state index contributed by atoms with van der Waals surface area (Å²) in [4.78, 5) is 14.4. The van der Waals surface area contributed by atoms with Crippen LogP contribution in [-0.2, 0) is 14.8 Å². The van der Waals surface area contributed by atoms with Gasteiger partial charge in [-0.1, -0.05) is 12.5 Å². The van der Waals surface area contributed by atoms with Crippen molar-refractivity contribution in [1.29, 1.82) is 0 Å². The molecule has 26 heavy (non-hydrogen) atoms. The summed E-state index contributed by atoms with van der Waals surface area (Å²) >= 11 is 0. The standard InChI is InChI=1S/C19H25FN2O3S/c20-17-2-1-3-18(13-17)26(24,25)22-8-6-21(7-9-22)19(23)12-16-11-14-4-5-15(16)10-14/h1-3,13-16H,4-12H2/t14-,15-,16-/m1/s1. The molecule has 3 fully saturated rings. The number of carbonyl (C=O) groups excluding carboxylic acids is 1. The van der Waals surface area contributed by atoms with Gasteiger partial charge in [0.05, 0.1) is 4.90 Å². The Balaban J connectivity index is 1.34. The van der Waals surface area contributed by atoms with Crippen LogP contribution in [0.2, 0.25) is 0 Å².